The Hall–Kier alpha value is -2.54. The molecule has 1 aliphatic carbocycles. The fourth-order valence-electron chi connectivity index (χ4n) is 3.26. The Labute approximate surface area is 154 Å². The van der Waals surface area contributed by atoms with E-state index in [2.05, 4.69) is 15.3 Å². The van der Waals surface area contributed by atoms with Crippen LogP contribution in [0.4, 0.5) is 5.13 Å². The molecule has 7 heteroatoms. The summed E-state index contributed by atoms with van der Waals surface area (Å²) < 4.78 is 1.57. The van der Waals surface area contributed by atoms with Gasteiger partial charge >= 0.3 is 0 Å². The lowest BCUT2D eigenvalue weighted by Gasteiger charge is -2.06. The molecule has 0 bridgehead atoms. The molecule has 1 aliphatic rings. The van der Waals surface area contributed by atoms with Gasteiger partial charge in [-0.1, -0.05) is 12.1 Å². The molecule has 0 radical (unpaired) electrons. The molecular formula is C19H20N4O2S. The highest BCUT2D eigenvalue weighted by molar-refractivity contribution is 7.15. The van der Waals surface area contributed by atoms with E-state index in [1.165, 1.54) is 17.7 Å². The predicted molar refractivity (Wildman–Crippen MR) is 103 cm³/mol. The number of hydrogen-bond acceptors (Lipinski definition) is 5. The van der Waals surface area contributed by atoms with Gasteiger partial charge in [-0.3, -0.25) is 14.2 Å². The molecule has 4 rings (SSSR count). The predicted octanol–water partition coefficient (Wildman–Crippen LogP) is 3.15. The molecule has 0 fully saturated rings. The van der Waals surface area contributed by atoms with E-state index in [-0.39, 0.29) is 11.5 Å². The standard InChI is InChI=1S/C19H20N4O2S/c24-17(22-19-21-15-8-3-4-9-16(15)26-19)10-5-11-23-12-20-14-7-2-1-6-13(14)18(23)25/h1-2,6-7,12H,3-5,8-11H2,(H,21,22,24). The van der Waals surface area contributed by atoms with Gasteiger partial charge < -0.3 is 5.32 Å². The van der Waals surface area contributed by atoms with Crippen LogP contribution < -0.4 is 10.9 Å². The number of anilines is 1. The quantitative estimate of drug-likeness (QED) is 0.750. The van der Waals surface area contributed by atoms with Crippen molar-refractivity contribution in [3.8, 4) is 0 Å². The number of para-hydroxylation sites is 1. The van der Waals surface area contributed by atoms with E-state index in [1.54, 1.807) is 28.3 Å². The molecule has 6 nitrogen and oxygen atoms in total. The van der Waals surface area contributed by atoms with Crippen LogP contribution >= 0.6 is 11.3 Å². The first-order valence-corrected chi connectivity index (χ1v) is 9.75. The Morgan fingerprint density at radius 2 is 2.08 bits per heavy atom. The Morgan fingerprint density at radius 1 is 1.23 bits per heavy atom. The summed E-state index contributed by atoms with van der Waals surface area (Å²) in [5, 5.41) is 4.20. The zero-order valence-electron chi connectivity index (χ0n) is 14.4. The second kappa shape index (κ2) is 7.37. The third-order valence-electron chi connectivity index (χ3n) is 4.63. The number of fused-ring (bicyclic) bond motifs is 2. The molecule has 0 saturated heterocycles. The van der Waals surface area contributed by atoms with Crippen molar-refractivity contribution in [3.63, 3.8) is 0 Å². The molecule has 1 N–H and O–H groups in total. The van der Waals surface area contributed by atoms with Gasteiger partial charge in [-0.25, -0.2) is 9.97 Å². The molecule has 134 valence electrons. The molecule has 1 amide bonds. The van der Waals surface area contributed by atoms with Gasteiger partial charge in [-0.05, 0) is 44.2 Å². The maximum absolute atomic E-state index is 12.4. The van der Waals surface area contributed by atoms with Crippen molar-refractivity contribution in [2.45, 2.75) is 45.1 Å². The van der Waals surface area contributed by atoms with Crippen LogP contribution in [-0.4, -0.2) is 20.4 Å². The lowest BCUT2D eigenvalue weighted by atomic mass is 10.0. The smallest absolute Gasteiger partial charge is 0.261 e. The van der Waals surface area contributed by atoms with E-state index in [4.69, 9.17) is 0 Å². The maximum Gasteiger partial charge on any atom is 0.261 e. The fourth-order valence-corrected chi connectivity index (χ4v) is 4.33. The first-order valence-electron chi connectivity index (χ1n) is 8.93. The van der Waals surface area contributed by atoms with Crippen LogP contribution in [0.15, 0.2) is 35.4 Å². The Morgan fingerprint density at radius 3 is 2.96 bits per heavy atom. The summed E-state index contributed by atoms with van der Waals surface area (Å²) in [5.41, 5.74) is 1.77. The second-order valence-electron chi connectivity index (χ2n) is 6.51. The lowest BCUT2D eigenvalue weighted by Crippen LogP contribution is -2.21. The Bertz CT molecular complexity index is 985. The van der Waals surface area contributed by atoms with Crippen molar-refractivity contribution in [2.24, 2.45) is 0 Å². The summed E-state index contributed by atoms with van der Waals surface area (Å²) in [5.74, 6) is -0.0575. The molecular weight excluding hydrogens is 348 g/mol. The van der Waals surface area contributed by atoms with E-state index in [9.17, 15) is 9.59 Å². The first-order chi connectivity index (χ1) is 12.7. The summed E-state index contributed by atoms with van der Waals surface area (Å²) in [6.07, 6.45) is 6.95. The van der Waals surface area contributed by atoms with Crippen molar-refractivity contribution in [1.29, 1.82) is 0 Å². The second-order valence-corrected chi connectivity index (χ2v) is 7.59. The normalized spacial score (nSPS) is 13.5. The van der Waals surface area contributed by atoms with Crippen LogP contribution in [0, 0.1) is 0 Å². The highest BCUT2D eigenvalue weighted by atomic mass is 32.1. The summed E-state index contributed by atoms with van der Waals surface area (Å²) in [4.78, 5) is 34.7. The van der Waals surface area contributed by atoms with Crippen LogP contribution in [0.3, 0.4) is 0 Å². The number of amides is 1. The van der Waals surface area contributed by atoms with Crippen LogP contribution in [0.2, 0.25) is 0 Å². The fraction of sp³-hybridized carbons (Fsp3) is 0.368. The van der Waals surface area contributed by atoms with Gasteiger partial charge in [-0.2, -0.15) is 0 Å². The number of carbonyl (C=O) groups is 1. The highest BCUT2D eigenvalue weighted by Crippen LogP contribution is 2.29. The van der Waals surface area contributed by atoms with Crippen molar-refractivity contribution in [2.75, 3.05) is 5.32 Å². The number of rotatable bonds is 5. The van der Waals surface area contributed by atoms with Gasteiger partial charge in [0, 0.05) is 17.8 Å². The maximum atomic E-state index is 12.4. The summed E-state index contributed by atoms with van der Waals surface area (Å²) in [7, 11) is 0. The number of aryl methyl sites for hydroxylation is 3. The SMILES string of the molecule is O=C(CCCn1cnc2ccccc2c1=O)Nc1nc2c(s1)CCCC2. The van der Waals surface area contributed by atoms with E-state index >= 15 is 0 Å². The monoisotopic (exact) mass is 368 g/mol. The van der Waals surface area contributed by atoms with Crippen LogP contribution in [0.1, 0.15) is 36.3 Å². The molecule has 1 aromatic carbocycles. The molecule has 2 heterocycles. The number of aromatic nitrogens is 3. The number of carbonyl (C=O) groups excluding carboxylic acids is 1. The average Bonchev–Trinajstić information content (AvgIpc) is 3.06. The summed E-state index contributed by atoms with van der Waals surface area (Å²) in [6, 6.07) is 7.29. The largest absolute Gasteiger partial charge is 0.302 e. The molecule has 0 aliphatic heterocycles. The molecule has 0 spiro atoms. The molecule has 0 unspecified atom stereocenters. The summed E-state index contributed by atoms with van der Waals surface area (Å²) >= 11 is 1.59. The van der Waals surface area contributed by atoms with Crippen LogP contribution in [-0.2, 0) is 24.2 Å². The minimum absolute atomic E-state index is 0.0575. The van der Waals surface area contributed by atoms with E-state index in [0.717, 1.165) is 18.5 Å². The molecule has 0 atom stereocenters. The van der Waals surface area contributed by atoms with Gasteiger partial charge in [0.2, 0.25) is 5.91 Å². The van der Waals surface area contributed by atoms with Gasteiger partial charge in [0.1, 0.15) is 0 Å². The van der Waals surface area contributed by atoms with Crippen molar-refractivity contribution >= 4 is 33.3 Å². The number of nitrogens with one attached hydrogen (secondary N) is 1. The third-order valence-corrected chi connectivity index (χ3v) is 5.70. The minimum Gasteiger partial charge on any atom is -0.302 e. The number of nitrogens with zero attached hydrogens (tertiary/aromatic N) is 3. The molecule has 2 aromatic heterocycles. The molecule has 26 heavy (non-hydrogen) atoms. The number of benzene rings is 1. The van der Waals surface area contributed by atoms with Crippen LogP contribution in [0.5, 0.6) is 0 Å². The highest BCUT2D eigenvalue weighted by Gasteiger charge is 2.16. The van der Waals surface area contributed by atoms with Gasteiger partial charge in [0.25, 0.3) is 5.56 Å². The molecule has 3 aromatic rings. The van der Waals surface area contributed by atoms with Gasteiger partial charge in [0.05, 0.1) is 22.9 Å². The van der Waals surface area contributed by atoms with Gasteiger partial charge in [-0.15, -0.1) is 11.3 Å². The zero-order valence-corrected chi connectivity index (χ0v) is 15.2. The van der Waals surface area contributed by atoms with E-state index < -0.39 is 0 Å². The van der Waals surface area contributed by atoms with Crippen LogP contribution in [0.25, 0.3) is 10.9 Å². The zero-order chi connectivity index (χ0) is 17.9. The lowest BCUT2D eigenvalue weighted by molar-refractivity contribution is -0.116. The number of hydrogen-bond donors (Lipinski definition) is 1. The van der Waals surface area contributed by atoms with Crippen molar-refractivity contribution < 1.29 is 4.79 Å². The number of thiazole rings is 1. The van der Waals surface area contributed by atoms with Crippen molar-refractivity contribution in [1.82, 2.24) is 14.5 Å². The Kier molecular flexibility index (Phi) is 4.79. The minimum atomic E-state index is -0.0661. The Balaban J connectivity index is 1.34. The summed E-state index contributed by atoms with van der Waals surface area (Å²) in [6.45, 7) is 0.471. The third kappa shape index (κ3) is 3.53. The average molecular weight is 368 g/mol. The van der Waals surface area contributed by atoms with E-state index in [1.807, 2.05) is 18.2 Å². The van der Waals surface area contributed by atoms with Crippen molar-refractivity contribution in [3.05, 3.63) is 51.5 Å². The topological polar surface area (TPSA) is 76.9 Å². The van der Waals surface area contributed by atoms with E-state index in [0.29, 0.717) is 35.4 Å². The molecule has 0 saturated carbocycles. The van der Waals surface area contributed by atoms with Gasteiger partial charge in [0.15, 0.2) is 5.13 Å². The first kappa shape index (κ1) is 16.9.